The number of hydrogen-bond acceptors (Lipinski definition) is 8. The maximum atomic E-state index is 14.0. The molecule has 1 atom stereocenters. The Labute approximate surface area is 286 Å². The third-order valence-electron chi connectivity index (χ3n) is 8.24. The highest BCUT2D eigenvalue weighted by atomic mass is 32.2. The van der Waals surface area contributed by atoms with E-state index in [0.717, 1.165) is 39.9 Å². The summed E-state index contributed by atoms with van der Waals surface area (Å²) in [4.78, 5) is 23.3. The smallest absolute Gasteiger partial charge is 0.282 e. The number of anilines is 2. The van der Waals surface area contributed by atoms with E-state index in [1.54, 1.807) is 27.4 Å². The highest BCUT2D eigenvalue weighted by Crippen LogP contribution is 2.37. The molecule has 0 radical (unpaired) electrons. The van der Waals surface area contributed by atoms with Gasteiger partial charge in [0, 0.05) is 38.3 Å². The van der Waals surface area contributed by atoms with Gasteiger partial charge in [-0.2, -0.15) is 5.10 Å². The number of ether oxygens (including phenoxy) is 1. The summed E-state index contributed by atoms with van der Waals surface area (Å²) in [6.45, 7) is 13.6. The molecular formula is C35H42N8O4SSi. The zero-order valence-electron chi connectivity index (χ0n) is 28.9. The van der Waals surface area contributed by atoms with Gasteiger partial charge >= 0.3 is 0 Å². The molecule has 12 nitrogen and oxygen atoms in total. The summed E-state index contributed by atoms with van der Waals surface area (Å²) in [5.41, 5.74) is 5.44. The van der Waals surface area contributed by atoms with Crippen LogP contribution in [0.5, 0.6) is 0 Å². The first-order chi connectivity index (χ1) is 23.2. The fourth-order valence-corrected chi connectivity index (χ4v) is 7.21. The Bertz CT molecular complexity index is 2330. The van der Waals surface area contributed by atoms with Gasteiger partial charge in [0.15, 0.2) is 5.82 Å². The third-order valence-corrected chi connectivity index (χ3v) is 10.6. The highest BCUT2D eigenvalue weighted by molar-refractivity contribution is 7.92. The monoisotopic (exact) mass is 698 g/mol. The normalized spacial score (nSPS) is 12.9. The maximum absolute atomic E-state index is 14.0. The molecule has 14 heteroatoms. The summed E-state index contributed by atoms with van der Waals surface area (Å²) in [5.74, 6) is 1.03. The van der Waals surface area contributed by atoms with Crippen LogP contribution in [0.4, 0.5) is 11.5 Å². The predicted molar refractivity (Wildman–Crippen MR) is 198 cm³/mol. The summed E-state index contributed by atoms with van der Waals surface area (Å²) in [6, 6.07) is 17.5. The van der Waals surface area contributed by atoms with Crippen molar-refractivity contribution >= 4 is 46.2 Å². The fraction of sp³-hybridized carbons (Fsp3) is 0.314. The first-order valence-corrected chi connectivity index (χ1v) is 21.7. The van der Waals surface area contributed by atoms with Gasteiger partial charge in [0.05, 0.1) is 23.4 Å². The van der Waals surface area contributed by atoms with Gasteiger partial charge in [0.2, 0.25) is 10.0 Å². The van der Waals surface area contributed by atoms with E-state index in [1.165, 1.54) is 6.33 Å². The molecule has 0 aliphatic carbocycles. The van der Waals surface area contributed by atoms with Crippen molar-refractivity contribution in [3.05, 3.63) is 101 Å². The average Bonchev–Trinajstić information content (AvgIpc) is 3.59. The van der Waals surface area contributed by atoms with Crippen LogP contribution in [0.25, 0.3) is 33.4 Å². The lowest BCUT2D eigenvalue weighted by Crippen LogP contribution is -2.29. The topological polar surface area (TPSA) is 137 Å². The summed E-state index contributed by atoms with van der Waals surface area (Å²) in [6.07, 6.45) is 6.39. The van der Waals surface area contributed by atoms with Crippen LogP contribution in [0.3, 0.4) is 0 Å². The molecular weight excluding hydrogens is 657 g/mol. The number of aromatic nitrogens is 6. The summed E-state index contributed by atoms with van der Waals surface area (Å²) < 4.78 is 38.3. The Balaban J connectivity index is 1.48. The van der Waals surface area contributed by atoms with E-state index in [4.69, 9.17) is 14.8 Å². The number of sulfonamides is 1. The molecule has 0 aliphatic rings. The van der Waals surface area contributed by atoms with Crippen molar-refractivity contribution in [3.8, 4) is 16.8 Å². The first kappa shape index (κ1) is 34.1. The lowest BCUT2D eigenvalue weighted by atomic mass is 10.0. The van der Waals surface area contributed by atoms with Crippen molar-refractivity contribution in [1.29, 1.82) is 0 Å². The van der Waals surface area contributed by atoms with Gasteiger partial charge in [-0.1, -0.05) is 43.9 Å². The van der Waals surface area contributed by atoms with Crippen LogP contribution in [0, 0.1) is 13.8 Å². The summed E-state index contributed by atoms with van der Waals surface area (Å²) in [5, 5.41) is 9.18. The van der Waals surface area contributed by atoms with E-state index in [0.29, 0.717) is 40.8 Å². The maximum Gasteiger partial charge on any atom is 0.282 e. The predicted octanol–water partition coefficient (Wildman–Crippen LogP) is 6.37. The molecule has 0 spiro atoms. The Hall–Kier alpha value is -4.79. The Morgan fingerprint density at radius 3 is 2.49 bits per heavy atom. The molecule has 4 heterocycles. The molecule has 6 aromatic rings. The number of fused-ring (bicyclic) bond motifs is 2. The van der Waals surface area contributed by atoms with E-state index < -0.39 is 24.1 Å². The molecule has 0 fully saturated rings. The third kappa shape index (κ3) is 7.45. The van der Waals surface area contributed by atoms with E-state index in [9.17, 15) is 13.2 Å². The minimum atomic E-state index is -3.50. The molecule has 1 unspecified atom stereocenters. The quantitative estimate of drug-likeness (QED) is 0.111. The molecule has 4 aromatic heterocycles. The number of benzene rings is 2. The second-order valence-electron chi connectivity index (χ2n) is 13.7. The van der Waals surface area contributed by atoms with Crippen molar-refractivity contribution in [3.63, 3.8) is 0 Å². The van der Waals surface area contributed by atoms with Gasteiger partial charge in [0.1, 0.15) is 30.0 Å². The van der Waals surface area contributed by atoms with Gasteiger partial charge in [-0.15, -0.1) is 0 Å². The largest absolute Gasteiger partial charge is 0.361 e. The Kier molecular flexibility index (Phi) is 9.22. The number of nitrogens with zero attached hydrogens (tertiary/aromatic N) is 6. The van der Waals surface area contributed by atoms with Crippen molar-refractivity contribution < 1.29 is 13.2 Å². The molecule has 49 heavy (non-hydrogen) atoms. The van der Waals surface area contributed by atoms with Gasteiger partial charge in [-0.05, 0) is 73.8 Å². The SMILES string of the molecule is Cc1cc(NS(C)(=O)=O)cc(-c2cn(COCC[Si](C)(C)C)c3ncnc(NC(C)c4nn5ccc(C)c5c(=O)n4-c4ccccc4)c23)c1. The molecule has 0 saturated carbocycles. The molecule has 256 valence electrons. The van der Waals surface area contributed by atoms with Crippen LogP contribution in [0.2, 0.25) is 25.7 Å². The van der Waals surface area contributed by atoms with Gasteiger partial charge < -0.3 is 14.6 Å². The molecule has 0 amide bonds. The van der Waals surface area contributed by atoms with Crippen LogP contribution in [-0.2, 0) is 21.5 Å². The Morgan fingerprint density at radius 2 is 1.78 bits per heavy atom. The fourth-order valence-electron chi connectivity index (χ4n) is 5.91. The minimum absolute atomic E-state index is 0.173. The number of aryl methyl sites for hydroxylation is 2. The first-order valence-electron chi connectivity index (χ1n) is 16.1. The number of para-hydroxylation sites is 1. The standard InChI is InChI=1S/C35H42N8O4SSi/c1-23-17-26(19-27(18-23)40-48(4,45)46)29-20-41(22-47-15-16-49(5,6)7)34-30(29)32(36-21-37-34)38-25(3)33-39-42-14-13-24(2)31(42)35(44)43(33)28-11-9-8-10-12-28/h8-14,17-21,25,40H,15-16,22H2,1-7H3,(H,36,37,38). The van der Waals surface area contributed by atoms with E-state index in [2.05, 4.69) is 34.7 Å². The van der Waals surface area contributed by atoms with Gasteiger partial charge in [0.25, 0.3) is 5.56 Å². The molecule has 0 aliphatic heterocycles. The molecule has 0 saturated heterocycles. The zero-order valence-corrected chi connectivity index (χ0v) is 30.7. The van der Waals surface area contributed by atoms with Crippen molar-refractivity contribution in [1.82, 2.24) is 28.7 Å². The van der Waals surface area contributed by atoms with Crippen LogP contribution >= 0.6 is 0 Å². The van der Waals surface area contributed by atoms with Crippen LogP contribution in [-0.4, -0.2) is 58.1 Å². The Morgan fingerprint density at radius 1 is 1.02 bits per heavy atom. The van der Waals surface area contributed by atoms with Crippen molar-refractivity contribution in [2.24, 2.45) is 0 Å². The van der Waals surface area contributed by atoms with Crippen LogP contribution in [0.15, 0.2) is 78.1 Å². The van der Waals surface area contributed by atoms with E-state index in [1.807, 2.05) is 74.0 Å². The molecule has 2 N–H and O–H groups in total. The van der Waals surface area contributed by atoms with Crippen LogP contribution in [0.1, 0.15) is 29.9 Å². The lowest BCUT2D eigenvalue weighted by molar-refractivity contribution is 0.0899. The minimum Gasteiger partial charge on any atom is -0.361 e. The number of rotatable bonds is 12. The lowest BCUT2D eigenvalue weighted by Gasteiger charge is -2.20. The number of nitrogens with one attached hydrogen (secondary N) is 2. The molecule has 2 aromatic carbocycles. The second-order valence-corrected chi connectivity index (χ2v) is 21.1. The summed E-state index contributed by atoms with van der Waals surface area (Å²) in [7, 11) is -4.80. The van der Waals surface area contributed by atoms with E-state index in [-0.39, 0.29) is 12.3 Å². The van der Waals surface area contributed by atoms with Crippen molar-refractivity contribution in [2.45, 2.75) is 59.2 Å². The highest BCUT2D eigenvalue weighted by Gasteiger charge is 2.23. The average molecular weight is 699 g/mol. The van der Waals surface area contributed by atoms with Gasteiger partial charge in [-0.3, -0.25) is 14.1 Å². The number of hydrogen-bond donors (Lipinski definition) is 2. The molecule has 0 bridgehead atoms. The second kappa shape index (κ2) is 13.3. The molecule has 6 rings (SSSR count). The van der Waals surface area contributed by atoms with Crippen LogP contribution < -0.4 is 15.6 Å². The zero-order chi connectivity index (χ0) is 35.1. The summed E-state index contributed by atoms with van der Waals surface area (Å²) >= 11 is 0. The van der Waals surface area contributed by atoms with E-state index >= 15 is 0 Å². The van der Waals surface area contributed by atoms with Crippen molar-refractivity contribution in [2.75, 3.05) is 22.9 Å². The van der Waals surface area contributed by atoms with Gasteiger partial charge in [-0.25, -0.2) is 22.9 Å².